The first-order valence-corrected chi connectivity index (χ1v) is 13.5. The van der Waals surface area contributed by atoms with Gasteiger partial charge < -0.3 is 4.90 Å². The summed E-state index contributed by atoms with van der Waals surface area (Å²) >= 11 is 1.36. The third kappa shape index (κ3) is 4.17. The van der Waals surface area contributed by atoms with E-state index in [1.54, 1.807) is 18.2 Å². The molecular weight excluding hydrogens is 468 g/mol. The average Bonchev–Trinajstić information content (AvgIpc) is 3.22. The number of carbonyl (C=O) groups is 1. The van der Waals surface area contributed by atoms with Crippen molar-refractivity contribution in [1.29, 1.82) is 0 Å². The Morgan fingerprint density at radius 1 is 1.15 bits per heavy atom. The highest BCUT2D eigenvalue weighted by Crippen LogP contribution is 2.36. The standard InChI is InChI=1S/C25H24N4O3S2/c1-2-14-29(25-26-20(17-33-25)18-9-5-3-6-10-18)24(30)19-12-13-21-22(16-19)34(31,32)27-23-11-7-4-8-15-28(21)23/h2-3,5-6,9-10,12-13,16-17H,1,4,7-8,11,14-15H2. The van der Waals surface area contributed by atoms with Crippen molar-refractivity contribution >= 4 is 43.9 Å². The van der Waals surface area contributed by atoms with Crippen molar-refractivity contribution in [2.24, 2.45) is 4.40 Å². The number of carbonyl (C=O) groups excluding carboxylic acids is 1. The fraction of sp³-hybridized carbons (Fsp3) is 0.240. The fourth-order valence-electron chi connectivity index (χ4n) is 4.28. The molecule has 0 spiro atoms. The largest absolute Gasteiger partial charge is 0.328 e. The van der Waals surface area contributed by atoms with Crippen LogP contribution in [0.4, 0.5) is 10.8 Å². The first-order chi connectivity index (χ1) is 16.5. The number of amidine groups is 1. The molecule has 0 saturated carbocycles. The van der Waals surface area contributed by atoms with Gasteiger partial charge in [0.1, 0.15) is 10.7 Å². The number of thiazole rings is 1. The lowest BCUT2D eigenvalue weighted by molar-refractivity contribution is 0.0989. The summed E-state index contributed by atoms with van der Waals surface area (Å²) in [4.78, 5) is 21.7. The molecule has 0 bridgehead atoms. The van der Waals surface area contributed by atoms with Gasteiger partial charge in [-0.2, -0.15) is 8.42 Å². The van der Waals surface area contributed by atoms with E-state index in [1.165, 1.54) is 22.3 Å². The third-order valence-corrected chi connectivity index (χ3v) is 8.14. The second kappa shape index (κ2) is 9.15. The van der Waals surface area contributed by atoms with Crippen molar-refractivity contribution in [2.75, 3.05) is 22.9 Å². The van der Waals surface area contributed by atoms with Gasteiger partial charge in [-0.1, -0.05) is 42.8 Å². The highest BCUT2D eigenvalue weighted by Gasteiger charge is 2.33. The van der Waals surface area contributed by atoms with E-state index in [-0.39, 0.29) is 22.9 Å². The molecule has 0 atom stereocenters. The second-order valence-corrected chi connectivity index (χ2v) is 10.6. The highest BCUT2D eigenvalue weighted by molar-refractivity contribution is 7.90. The van der Waals surface area contributed by atoms with Crippen LogP contribution >= 0.6 is 11.3 Å². The maximum atomic E-state index is 13.5. The average molecular weight is 493 g/mol. The van der Waals surface area contributed by atoms with Gasteiger partial charge in [0.05, 0.1) is 11.4 Å². The van der Waals surface area contributed by atoms with Gasteiger partial charge in [0.2, 0.25) is 0 Å². The minimum absolute atomic E-state index is 0.0756. The summed E-state index contributed by atoms with van der Waals surface area (Å²) < 4.78 is 30.0. The Balaban J connectivity index is 1.50. The molecule has 7 nitrogen and oxygen atoms in total. The van der Waals surface area contributed by atoms with Crippen LogP contribution in [0, 0.1) is 0 Å². The molecular formula is C25H24N4O3S2. The topological polar surface area (TPSA) is 82.9 Å². The SMILES string of the molecule is C=CCN(C(=O)c1ccc2c(c1)S(=O)(=O)N=C1CCCCCN12)c1nc(-c2ccccc2)cs1. The zero-order chi connectivity index (χ0) is 23.7. The smallest absolute Gasteiger partial charge is 0.286 e. The molecule has 174 valence electrons. The van der Waals surface area contributed by atoms with Crippen LogP contribution in [0.5, 0.6) is 0 Å². The molecule has 34 heavy (non-hydrogen) atoms. The van der Waals surface area contributed by atoms with Crippen LogP contribution < -0.4 is 9.80 Å². The summed E-state index contributed by atoms with van der Waals surface area (Å²) in [5, 5.41) is 2.43. The Morgan fingerprint density at radius 2 is 1.97 bits per heavy atom. The second-order valence-electron chi connectivity index (χ2n) is 8.21. The normalized spacial score (nSPS) is 16.6. The number of aromatic nitrogens is 1. The molecule has 5 rings (SSSR count). The molecule has 9 heteroatoms. The predicted octanol–water partition coefficient (Wildman–Crippen LogP) is 5.12. The summed E-state index contributed by atoms with van der Waals surface area (Å²) in [6.45, 7) is 4.75. The molecule has 1 saturated heterocycles. The third-order valence-electron chi connectivity index (χ3n) is 5.94. The number of anilines is 2. The number of fused-ring (bicyclic) bond motifs is 3. The van der Waals surface area contributed by atoms with E-state index in [0.29, 0.717) is 23.1 Å². The Labute approximate surface area is 203 Å². The van der Waals surface area contributed by atoms with Crippen molar-refractivity contribution in [3.63, 3.8) is 0 Å². The minimum Gasteiger partial charge on any atom is -0.328 e. The lowest BCUT2D eigenvalue weighted by atomic mass is 10.1. The molecule has 1 aromatic heterocycles. The number of amides is 1. The van der Waals surface area contributed by atoms with Gasteiger partial charge in [0, 0.05) is 36.0 Å². The molecule has 0 aliphatic carbocycles. The molecule has 1 fully saturated rings. The summed E-state index contributed by atoms with van der Waals surface area (Å²) in [6, 6.07) is 14.6. The number of sulfonamides is 1. The molecule has 3 heterocycles. The van der Waals surface area contributed by atoms with Gasteiger partial charge >= 0.3 is 0 Å². The predicted molar refractivity (Wildman–Crippen MR) is 136 cm³/mol. The molecule has 2 aliphatic heterocycles. The van der Waals surface area contributed by atoms with Crippen molar-refractivity contribution in [3.8, 4) is 11.3 Å². The summed E-state index contributed by atoms with van der Waals surface area (Å²) in [6.07, 6.45) is 5.20. The Bertz CT molecular complexity index is 1380. The lowest BCUT2D eigenvalue weighted by Gasteiger charge is -2.30. The first-order valence-electron chi connectivity index (χ1n) is 11.2. The Kier molecular flexibility index (Phi) is 6.05. The maximum absolute atomic E-state index is 13.5. The van der Waals surface area contributed by atoms with Crippen molar-refractivity contribution in [3.05, 3.63) is 72.1 Å². The van der Waals surface area contributed by atoms with Crippen molar-refractivity contribution < 1.29 is 13.2 Å². The van der Waals surface area contributed by atoms with Crippen LogP contribution in [0.1, 0.15) is 36.0 Å². The molecule has 0 unspecified atom stereocenters. The fourth-order valence-corrected chi connectivity index (χ4v) is 6.40. The van der Waals surface area contributed by atoms with E-state index in [4.69, 9.17) is 0 Å². The first kappa shape index (κ1) is 22.5. The van der Waals surface area contributed by atoms with Crippen molar-refractivity contribution in [2.45, 2.75) is 30.6 Å². The zero-order valence-electron chi connectivity index (χ0n) is 18.6. The van der Waals surface area contributed by atoms with Crippen LogP contribution in [0.3, 0.4) is 0 Å². The van der Waals surface area contributed by atoms with Crippen LogP contribution in [0.15, 0.2) is 75.9 Å². The van der Waals surface area contributed by atoms with E-state index in [9.17, 15) is 13.2 Å². The summed E-state index contributed by atoms with van der Waals surface area (Å²) in [5.74, 6) is 0.256. The van der Waals surface area contributed by atoms with Gasteiger partial charge in [0.25, 0.3) is 15.9 Å². The van der Waals surface area contributed by atoms with E-state index in [0.717, 1.165) is 37.1 Å². The monoisotopic (exact) mass is 492 g/mol. The van der Waals surface area contributed by atoms with Gasteiger partial charge in [-0.3, -0.25) is 9.69 Å². The van der Waals surface area contributed by atoms with E-state index < -0.39 is 10.0 Å². The van der Waals surface area contributed by atoms with Crippen LogP contribution in [-0.4, -0.2) is 38.2 Å². The highest BCUT2D eigenvalue weighted by atomic mass is 32.2. The molecule has 1 amide bonds. The quantitative estimate of drug-likeness (QED) is 0.462. The molecule has 2 aromatic carbocycles. The van der Waals surface area contributed by atoms with Gasteiger partial charge in [-0.15, -0.1) is 22.3 Å². The van der Waals surface area contributed by atoms with E-state index in [1.807, 2.05) is 40.6 Å². The number of nitrogens with zero attached hydrogens (tertiary/aromatic N) is 4. The van der Waals surface area contributed by atoms with Gasteiger partial charge in [-0.05, 0) is 31.0 Å². The molecule has 2 aliphatic rings. The number of hydrogen-bond acceptors (Lipinski definition) is 6. The lowest BCUT2D eigenvalue weighted by Crippen LogP contribution is -2.36. The molecule has 0 N–H and O–H groups in total. The van der Waals surface area contributed by atoms with Gasteiger partial charge in [0.15, 0.2) is 5.13 Å². The van der Waals surface area contributed by atoms with E-state index in [2.05, 4.69) is 16.0 Å². The summed E-state index contributed by atoms with van der Waals surface area (Å²) in [7, 11) is -3.88. The maximum Gasteiger partial charge on any atom is 0.286 e. The van der Waals surface area contributed by atoms with E-state index >= 15 is 0 Å². The van der Waals surface area contributed by atoms with Crippen LogP contribution in [0.2, 0.25) is 0 Å². The number of benzene rings is 2. The van der Waals surface area contributed by atoms with Crippen LogP contribution in [-0.2, 0) is 10.0 Å². The minimum atomic E-state index is -3.88. The molecule has 3 aromatic rings. The van der Waals surface area contributed by atoms with Crippen LogP contribution in [0.25, 0.3) is 11.3 Å². The van der Waals surface area contributed by atoms with Gasteiger partial charge in [-0.25, -0.2) is 4.98 Å². The summed E-state index contributed by atoms with van der Waals surface area (Å²) in [5.41, 5.74) is 2.61. The number of rotatable bonds is 5. The Hall–Kier alpha value is -3.30. The van der Waals surface area contributed by atoms with Crippen molar-refractivity contribution in [1.82, 2.24) is 4.98 Å². The zero-order valence-corrected chi connectivity index (χ0v) is 20.2. The number of hydrogen-bond donors (Lipinski definition) is 0. The Morgan fingerprint density at radius 3 is 2.76 bits per heavy atom. The molecule has 0 radical (unpaired) electrons.